The number of halogens is 2. The predicted molar refractivity (Wildman–Crippen MR) is 80.8 cm³/mol. The lowest BCUT2D eigenvalue weighted by Gasteiger charge is -2.14. The monoisotopic (exact) mass is 299 g/mol. The lowest BCUT2D eigenvalue weighted by molar-refractivity contribution is 0.731. The van der Waals surface area contributed by atoms with Gasteiger partial charge in [0.15, 0.2) is 0 Å². The van der Waals surface area contributed by atoms with E-state index in [1.807, 2.05) is 18.2 Å². The highest BCUT2D eigenvalue weighted by molar-refractivity contribution is 7.11. The molecule has 0 aliphatic rings. The topological polar surface area (TPSA) is 26.0 Å². The van der Waals surface area contributed by atoms with E-state index in [-0.39, 0.29) is 6.04 Å². The molecule has 1 nitrogen and oxygen atoms in total. The molecule has 0 aliphatic heterocycles. The first-order valence-electron chi connectivity index (χ1n) is 5.89. The summed E-state index contributed by atoms with van der Waals surface area (Å²) in [5, 5.41) is 1.28. The van der Waals surface area contributed by atoms with Crippen LogP contribution < -0.4 is 5.73 Å². The van der Waals surface area contributed by atoms with Crippen molar-refractivity contribution < 1.29 is 0 Å². The molecule has 2 N–H and O–H groups in total. The van der Waals surface area contributed by atoms with E-state index in [1.54, 1.807) is 11.3 Å². The van der Waals surface area contributed by atoms with Crippen molar-refractivity contribution in [1.29, 1.82) is 0 Å². The van der Waals surface area contributed by atoms with Gasteiger partial charge in [-0.1, -0.05) is 36.2 Å². The maximum atomic E-state index is 6.22. The Morgan fingerprint density at radius 2 is 1.72 bits per heavy atom. The molecule has 4 heteroatoms. The standard InChI is InChI=1S/C14H15Cl2NS/c1-2-9-6-7-10(18-9)8-13(17)14-11(15)4-3-5-12(14)16/h3-7,13H,2,8,17H2,1H3. The highest BCUT2D eigenvalue weighted by atomic mass is 35.5. The highest BCUT2D eigenvalue weighted by Crippen LogP contribution is 2.32. The van der Waals surface area contributed by atoms with Crippen LogP contribution in [0.1, 0.15) is 28.3 Å². The maximum absolute atomic E-state index is 6.22. The third-order valence-electron chi connectivity index (χ3n) is 2.86. The molecule has 0 bridgehead atoms. The van der Waals surface area contributed by atoms with Crippen LogP contribution in [0.4, 0.5) is 0 Å². The molecule has 1 aromatic heterocycles. The van der Waals surface area contributed by atoms with Crippen LogP contribution >= 0.6 is 34.5 Å². The largest absolute Gasteiger partial charge is 0.324 e. The van der Waals surface area contributed by atoms with Gasteiger partial charge in [0.2, 0.25) is 0 Å². The van der Waals surface area contributed by atoms with Crippen LogP contribution in [0.5, 0.6) is 0 Å². The van der Waals surface area contributed by atoms with Crippen LogP contribution in [-0.2, 0) is 12.8 Å². The third-order valence-corrected chi connectivity index (χ3v) is 4.77. The van der Waals surface area contributed by atoms with Crippen molar-refractivity contribution in [1.82, 2.24) is 0 Å². The van der Waals surface area contributed by atoms with E-state index < -0.39 is 0 Å². The zero-order valence-electron chi connectivity index (χ0n) is 10.1. The molecule has 0 amide bonds. The second kappa shape index (κ2) is 6.07. The second-order valence-corrected chi connectivity index (χ2v) is 6.23. The van der Waals surface area contributed by atoms with Gasteiger partial charge in [-0.2, -0.15) is 0 Å². The Balaban J connectivity index is 2.19. The Morgan fingerprint density at radius 1 is 1.11 bits per heavy atom. The first-order chi connectivity index (χ1) is 8.61. The first-order valence-corrected chi connectivity index (χ1v) is 7.46. The van der Waals surface area contributed by atoms with Gasteiger partial charge in [0.05, 0.1) is 0 Å². The van der Waals surface area contributed by atoms with E-state index >= 15 is 0 Å². The van der Waals surface area contributed by atoms with Gasteiger partial charge in [-0.15, -0.1) is 11.3 Å². The van der Waals surface area contributed by atoms with Gasteiger partial charge < -0.3 is 5.73 Å². The quantitative estimate of drug-likeness (QED) is 0.857. The summed E-state index contributed by atoms with van der Waals surface area (Å²) in [6.07, 6.45) is 1.83. The number of aryl methyl sites for hydroxylation is 1. The van der Waals surface area contributed by atoms with Crippen molar-refractivity contribution in [2.45, 2.75) is 25.8 Å². The smallest absolute Gasteiger partial charge is 0.0468 e. The van der Waals surface area contributed by atoms with Crippen LogP contribution in [-0.4, -0.2) is 0 Å². The van der Waals surface area contributed by atoms with E-state index in [4.69, 9.17) is 28.9 Å². The molecule has 1 atom stereocenters. The Kier molecular flexibility index (Phi) is 4.68. The molecule has 0 saturated carbocycles. The van der Waals surface area contributed by atoms with E-state index in [0.29, 0.717) is 10.0 Å². The zero-order chi connectivity index (χ0) is 13.1. The summed E-state index contributed by atoms with van der Waals surface area (Å²) in [6.45, 7) is 2.15. The summed E-state index contributed by atoms with van der Waals surface area (Å²) in [7, 11) is 0. The minimum atomic E-state index is -0.158. The first kappa shape index (κ1) is 13.9. The fourth-order valence-corrected chi connectivity index (χ4v) is 3.60. The molecule has 0 fully saturated rings. The number of hydrogen-bond donors (Lipinski definition) is 1. The maximum Gasteiger partial charge on any atom is 0.0468 e. The third kappa shape index (κ3) is 3.07. The summed E-state index contributed by atoms with van der Waals surface area (Å²) in [5.41, 5.74) is 7.06. The molecule has 18 heavy (non-hydrogen) atoms. The molecule has 1 unspecified atom stereocenters. The normalized spacial score (nSPS) is 12.7. The van der Waals surface area contributed by atoms with Gasteiger partial charge in [0.25, 0.3) is 0 Å². The average Bonchev–Trinajstić information content (AvgIpc) is 2.76. The Hall–Kier alpha value is -0.540. The van der Waals surface area contributed by atoms with Gasteiger partial charge in [-0.05, 0) is 30.7 Å². The van der Waals surface area contributed by atoms with Crippen molar-refractivity contribution >= 4 is 34.5 Å². The lowest BCUT2D eigenvalue weighted by atomic mass is 10.0. The Labute approximate surface area is 122 Å². The van der Waals surface area contributed by atoms with Crippen LogP contribution in [0.2, 0.25) is 10.0 Å². The molecule has 96 valence electrons. The molecule has 0 saturated heterocycles. The zero-order valence-corrected chi connectivity index (χ0v) is 12.4. The Bertz CT molecular complexity index is 516. The number of benzene rings is 1. The van der Waals surface area contributed by atoms with Gasteiger partial charge in [-0.3, -0.25) is 0 Å². The molecular formula is C14H15Cl2NS. The van der Waals surface area contributed by atoms with Crippen molar-refractivity contribution in [2.75, 3.05) is 0 Å². The summed E-state index contributed by atoms with van der Waals surface area (Å²) < 4.78 is 0. The highest BCUT2D eigenvalue weighted by Gasteiger charge is 2.15. The van der Waals surface area contributed by atoms with Gasteiger partial charge in [0, 0.05) is 37.8 Å². The van der Waals surface area contributed by atoms with Crippen LogP contribution in [0.15, 0.2) is 30.3 Å². The van der Waals surface area contributed by atoms with Crippen molar-refractivity contribution in [3.05, 3.63) is 55.7 Å². The minimum absolute atomic E-state index is 0.158. The minimum Gasteiger partial charge on any atom is -0.324 e. The molecule has 2 rings (SSSR count). The van der Waals surface area contributed by atoms with E-state index in [1.165, 1.54) is 9.75 Å². The molecular weight excluding hydrogens is 285 g/mol. The predicted octanol–water partition coefficient (Wildman–Crippen LogP) is 4.86. The SMILES string of the molecule is CCc1ccc(CC(N)c2c(Cl)cccc2Cl)s1. The summed E-state index contributed by atoms with van der Waals surface area (Å²) in [6, 6.07) is 9.62. The molecule has 1 heterocycles. The molecule has 0 aliphatic carbocycles. The number of thiophene rings is 1. The van der Waals surface area contributed by atoms with Crippen molar-refractivity contribution in [3.8, 4) is 0 Å². The summed E-state index contributed by atoms with van der Waals surface area (Å²) >= 11 is 14.1. The van der Waals surface area contributed by atoms with Gasteiger partial charge >= 0.3 is 0 Å². The van der Waals surface area contributed by atoms with Crippen molar-refractivity contribution in [2.24, 2.45) is 5.73 Å². The number of hydrogen-bond acceptors (Lipinski definition) is 2. The molecule has 1 aromatic carbocycles. The van der Waals surface area contributed by atoms with E-state index in [9.17, 15) is 0 Å². The fourth-order valence-electron chi connectivity index (χ4n) is 1.91. The van der Waals surface area contributed by atoms with Crippen LogP contribution in [0.3, 0.4) is 0 Å². The number of nitrogens with two attached hydrogens (primary N) is 1. The summed E-state index contributed by atoms with van der Waals surface area (Å²) in [4.78, 5) is 2.65. The van der Waals surface area contributed by atoms with E-state index in [2.05, 4.69) is 19.1 Å². The van der Waals surface area contributed by atoms with Crippen molar-refractivity contribution in [3.63, 3.8) is 0 Å². The van der Waals surface area contributed by atoms with Gasteiger partial charge in [-0.25, -0.2) is 0 Å². The molecule has 2 aromatic rings. The number of rotatable bonds is 4. The fraction of sp³-hybridized carbons (Fsp3) is 0.286. The van der Waals surface area contributed by atoms with Gasteiger partial charge in [0.1, 0.15) is 0 Å². The van der Waals surface area contributed by atoms with Crippen LogP contribution in [0.25, 0.3) is 0 Å². The average molecular weight is 300 g/mol. The lowest BCUT2D eigenvalue weighted by Crippen LogP contribution is -2.13. The van der Waals surface area contributed by atoms with E-state index in [0.717, 1.165) is 18.4 Å². The molecule has 0 radical (unpaired) electrons. The summed E-state index contributed by atoms with van der Waals surface area (Å²) in [5.74, 6) is 0. The Morgan fingerprint density at radius 3 is 2.28 bits per heavy atom. The second-order valence-electron chi connectivity index (χ2n) is 4.17. The molecule has 0 spiro atoms. The van der Waals surface area contributed by atoms with Crippen LogP contribution in [0, 0.1) is 0 Å².